The molecule has 0 spiro atoms. The van der Waals surface area contributed by atoms with Crippen LogP contribution in [0, 0.1) is 0 Å². The number of sulfonamides is 1. The Hall–Kier alpha value is -1.31. The van der Waals surface area contributed by atoms with E-state index in [9.17, 15) is 8.42 Å². The Kier molecular flexibility index (Phi) is 6.25. The topological polar surface area (TPSA) is 84.7 Å². The van der Waals surface area contributed by atoms with Crippen LogP contribution in [0.15, 0.2) is 23.1 Å². The van der Waals surface area contributed by atoms with Crippen molar-refractivity contribution in [2.24, 2.45) is 0 Å². The minimum Gasteiger partial charge on any atom is -0.397 e. The van der Waals surface area contributed by atoms with Crippen LogP contribution in [-0.2, 0) is 14.8 Å². The number of rotatable bonds is 8. The van der Waals surface area contributed by atoms with E-state index in [1.165, 1.54) is 13.1 Å². The van der Waals surface area contributed by atoms with Crippen molar-refractivity contribution in [1.29, 1.82) is 0 Å². The van der Waals surface area contributed by atoms with Crippen molar-refractivity contribution in [1.82, 2.24) is 4.72 Å². The molecule has 6 nitrogen and oxygen atoms in total. The van der Waals surface area contributed by atoms with Gasteiger partial charge in [0, 0.05) is 19.7 Å². The molecule has 1 rings (SSSR count). The quantitative estimate of drug-likeness (QED) is 0.553. The Balaban J connectivity index is 2.96. The van der Waals surface area contributed by atoms with Crippen molar-refractivity contribution in [3.63, 3.8) is 0 Å². The minimum atomic E-state index is -3.46. The summed E-state index contributed by atoms with van der Waals surface area (Å²) in [5.41, 5.74) is 7.24. The zero-order valence-electron chi connectivity index (χ0n) is 12.2. The molecule has 0 fully saturated rings. The molecule has 0 heterocycles. The van der Waals surface area contributed by atoms with E-state index < -0.39 is 10.0 Å². The molecule has 0 aromatic heterocycles. The molecule has 0 saturated heterocycles. The van der Waals surface area contributed by atoms with Crippen LogP contribution in [0.25, 0.3) is 0 Å². The van der Waals surface area contributed by atoms with Gasteiger partial charge in [0.25, 0.3) is 0 Å². The first-order valence-electron chi connectivity index (χ1n) is 6.62. The monoisotopic (exact) mass is 301 g/mol. The number of nitrogens with one attached hydrogen (secondary N) is 1. The highest BCUT2D eigenvalue weighted by molar-refractivity contribution is 7.89. The predicted octanol–water partition coefficient (Wildman–Crippen LogP) is 1.04. The molecule has 0 unspecified atom stereocenters. The lowest BCUT2D eigenvalue weighted by molar-refractivity contribution is 0.154. The molecule has 0 radical (unpaired) electrons. The Morgan fingerprint density at radius 2 is 2.05 bits per heavy atom. The molecule has 7 heteroatoms. The molecule has 0 aliphatic carbocycles. The molecule has 114 valence electrons. The maximum atomic E-state index is 11.7. The second kappa shape index (κ2) is 7.47. The summed E-state index contributed by atoms with van der Waals surface area (Å²) in [5.74, 6) is 0. The fraction of sp³-hybridized carbons (Fsp3) is 0.538. The number of hydrogen-bond donors (Lipinski definition) is 2. The third kappa shape index (κ3) is 4.09. The summed E-state index contributed by atoms with van der Waals surface area (Å²) in [6.07, 6.45) is 0. The lowest BCUT2D eigenvalue weighted by Crippen LogP contribution is -2.28. The molecule has 0 atom stereocenters. The van der Waals surface area contributed by atoms with Gasteiger partial charge in [-0.05, 0) is 39.1 Å². The summed E-state index contributed by atoms with van der Waals surface area (Å²) in [4.78, 5) is 2.22. The maximum Gasteiger partial charge on any atom is 0.240 e. The van der Waals surface area contributed by atoms with Gasteiger partial charge in [0.1, 0.15) is 0 Å². The standard InChI is InChI=1S/C13H23N3O3S/c1-4-16(8-9-19-5-2)13-7-6-11(10-12(13)14)20(17,18)15-3/h6-7,10,15H,4-5,8-9,14H2,1-3H3. The van der Waals surface area contributed by atoms with Crippen LogP contribution in [-0.4, -0.2) is 41.8 Å². The summed E-state index contributed by atoms with van der Waals surface area (Å²) in [7, 11) is -2.09. The van der Waals surface area contributed by atoms with E-state index in [4.69, 9.17) is 10.5 Å². The van der Waals surface area contributed by atoms with Crippen LogP contribution in [0.2, 0.25) is 0 Å². The van der Waals surface area contributed by atoms with Gasteiger partial charge in [-0.2, -0.15) is 0 Å². The van der Waals surface area contributed by atoms with Crippen LogP contribution in [0.4, 0.5) is 11.4 Å². The predicted molar refractivity (Wildman–Crippen MR) is 81.5 cm³/mol. The van der Waals surface area contributed by atoms with Crippen LogP contribution in [0.3, 0.4) is 0 Å². The van der Waals surface area contributed by atoms with Gasteiger partial charge in [0.05, 0.1) is 22.9 Å². The van der Waals surface area contributed by atoms with E-state index in [0.717, 1.165) is 12.2 Å². The molecular formula is C13H23N3O3S. The van der Waals surface area contributed by atoms with E-state index in [2.05, 4.69) is 9.62 Å². The summed E-state index contributed by atoms with van der Waals surface area (Å²) in [6, 6.07) is 4.76. The minimum absolute atomic E-state index is 0.169. The number of nitrogens with two attached hydrogens (primary N) is 1. The van der Waals surface area contributed by atoms with Gasteiger partial charge in [0.2, 0.25) is 10.0 Å². The molecule has 0 aliphatic heterocycles. The fourth-order valence-electron chi connectivity index (χ4n) is 1.87. The number of nitrogen functional groups attached to an aromatic ring is 1. The van der Waals surface area contributed by atoms with Crippen molar-refractivity contribution in [3.05, 3.63) is 18.2 Å². The number of nitrogens with zero attached hydrogens (tertiary/aromatic N) is 1. The Labute approximate surface area is 121 Å². The summed E-state index contributed by atoms with van der Waals surface area (Å²) in [5, 5.41) is 0. The zero-order chi connectivity index (χ0) is 15.2. The van der Waals surface area contributed by atoms with E-state index in [1.807, 2.05) is 13.8 Å². The molecular weight excluding hydrogens is 278 g/mol. The summed E-state index contributed by atoms with van der Waals surface area (Å²) >= 11 is 0. The fourth-order valence-corrected chi connectivity index (χ4v) is 2.64. The zero-order valence-corrected chi connectivity index (χ0v) is 13.0. The lowest BCUT2D eigenvalue weighted by atomic mass is 10.2. The summed E-state index contributed by atoms with van der Waals surface area (Å²) in [6.45, 7) is 6.74. The van der Waals surface area contributed by atoms with E-state index in [0.29, 0.717) is 25.4 Å². The molecule has 20 heavy (non-hydrogen) atoms. The number of benzene rings is 1. The molecule has 0 bridgehead atoms. The van der Waals surface area contributed by atoms with Crippen molar-refractivity contribution in [2.45, 2.75) is 18.7 Å². The highest BCUT2D eigenvalue weighted by Crippen LogP contribution is 2.26. The average Bonchev–Trinajstić information content (AvgIpc) is 2.44. The van der Waals surface area contributed by atoms with Crippen LogP contribution in [0.5, 0.6) is 0 Å². The summed E-state index contributed by atoms with van der Waals surface area (Å²) < 4.78 is 31.0. The first kappa shape index (κ1) is 16.7. The molecule has 0 aliphatic rings. The number of hydrogen-bond acceptors (Lipinski definition) is 5. The number of anilines is 2. The van der Waals surface area contributed by atoms with Gasteiger partial charge in [-0.15, -0.1) is 0 Å². The molecule has 3 N–H and O–H groups in total. The smallest absolute Gasteiger partial charge is 0.240 e. The van der Waals surface area contributed by atoms with Crippen LogP contribution >= 0.6 is 0 Å². The molecule has 1 aromatic carbocycles. The van der Waals surface area contributed by atoms with E-state index >= 15 is 0 Å². The number of likely N-dealkylation sites (N-methyl/N-ethyl adjacent to an activating group) is 1. The Bertz CT molecular complexity index is 532. The van der Waals surface area contributed by atoms with Gasteiger partial charge < -0.3 is 15.4 Å². The molecule has 0 saturated carbocycles. The van der Waals surface area contributed by atoms with Gasteiger partial charge in [-0.3, -0.25) is 0 Å². The van der Waals surface area contributed by atoms with E-state index in [1.54, 1.807) is 12.1 Å². The van der Waals surface area contributed by atoms with Crippen molar-refractivity contribution < 1.29 is 13.2 Å². The largest absolute Gasteiger partial charge is 0.397 e. The molecule has 1 aromatic rings. The third-order valence-corrected chi connectivity index (χ3v) is 4.42. The number of ether oxygens (including phenoxy) is 1. The molecule has 0 amide bonds. The van der Waals surface area contributed by atoms with Gasteiger partial charge in [0.15, 0.2) is 0 Å². The third-order valence-electron chi connectivity index (χ3n) is 3.01. The SMILES string of the molecule is CCOCCN(CC)c1ccc(S(=O)(=O)NC)cc1N. The first-order chi connectivity index (χ1) is 9.46. The average molecular weight is 301 g/mol. The Morgan fingerprint density at radius 1 is 1.35 bits per heavy atom. The van der Waals surface area contributed by atoms with Gasteiger partial charge >= 0.3 is 0 Å². The van der Waals surface area contributed by atoms with Crippen LogP contribution in [0.1, 0.15) is 13.8 Å². The second-order valence-corrected chi connectivity index (χ2v) is 6.09. The van der Waals surface area contributed by atoms with Crippen molar-refractivity contribution >= 4 is 21.4 Å². The van der Waals surface area contributed by atoms with Gasteiger partial charge in [-0.25, -0.2) is 13.1 Å². The lowest BCUT2D eigenvalue weighted by Gasteiger charge is -2.24. The second-order valence-electron chi connectivity index (χ2n) is 4.20. The first-order valence-corrected chi connectivity index (χ1v) is 8.10. The Morgan fingerprint density at radius 3 is 2.55 bits per heavy atom. The maximum absolute atomic E-state index is 11.7. The van der Waals surface area contributed by atoms with Crippen molar-refractivity contribution in [2.75, 3.05) is 44.0 Å². The van der Waals surface area contributed by atoms with Gasteiger partial charge in [-0.1, -0.05) is 0 Å². The van der Waals surface area contributed by atoms with Crippen LogP contribution < -0.4 is 15.4 Å². The van der Waals surface area contributed by atoms with Crippen molar-refractivity contribution in [3.8, 4) is 0 Å². The normalized spacial score (nSPS) is 11.6. The van der Waals surface area contributed by atoms with E-state index in [-0.39, 0.29) is 4.90 Å². The highest BCUT2D eigenvalue weighted by Gasteiger charge is 2.15. The highest BCUT2D eigenvalue weighted by atomic mass is 32.2.